The van der Waals surface area contributed by atoms with E-state index in [1.165, 1.54) is 11.1 Å². The van der Waals surface area contributed by atoms with Gasteiger partial charge in [-0.05, 0) is 51.4 Å². The van der Waals surface area contributed by atoms with Gasteiger partial charge in [0.2, 0.25) is 5.95 Å². The molecule has 0 saturated carbocycles. The van der Waals surface area contributed by atoms with Crippen molar-refractivity contribution in [2.75, 3.05) is 18.4 Å². The van der Waals surface area contributed by atoms with Gasteiger partial charge in [-0.3, -0.25) is 0 Å². The second-order valence-electron chi connectivity index (χ2n) is 5.11. The summed E-state index contributed by atoms with van der Waals surface area (Å²) in [5, 5.41) is 3.23. The topological polar surface area (TPSA) is 63.8 Å². The first-order valence-corrected chi connectivity index (χ1v) is 6.97. The third-order valence-corrected chi connectivity index (χ3v) is 3.19. The zero-order chi connectivity index (χ0) is 14.5. The second kappa shape index (κ2) is 6.48. The highest BCUT2D eigenvalue weighted by Gasteiger charge is 2.07. The molecule has 0 saturated heterocycles. The van der Waals surface area contributed by atoms with E-state index in [4.69, 9.17) is 5.73 Å². The van der Waals surface area contributed by atoms with Crippen LogP contribution in [0.25, 0.3) is 11.3 Å². The molecule has 0 aliphatic carbocycles. The SMILES string of the molecule is Cc1ccc(C)c(-c2cc(C)nc(NCCCN)n2)c1. The van der Waals surface area contributed by atoms with Gasteiger partial charge in [0.25, 0.3) is 0 Å². The first kappa shape index (κ1) is 14.5. The molecule has 0 bridgehead atoms. The van der Waals surface area contributed by atoms with Crippen molar-refractivity contribution < 1.29 is 0 Å². The molecule has 0 unspecified atom stereocenters. The molecule has 0 spiro atoms. The van der Waals surface area contributed by atoms with Crippen LogP contribution >= 0.6 is 0 Å². The fraction of sp³-hybridized carbons (Fsp3) is 0.375. The third-order valence-electron chi connectivity index (χ3n) is 3.19. The number of hydrogen-bond donors (Lipinski definition) is 2. The standard InChI is InChI=1S/C16H22N4/c1-11-5-6-12(2)14(9-11)15-10-13(3)19-16(20-15)18-8-4-7-17/h5-6,9-10H,4,7-8,17H2,1-3H3,(H,18,19,20). The van der Waals surface area contributed by atoms with Gasteiger partial charge in [-0.25, -0.2) is 9.97 Å². The van der Waals surface area contributed by atoms with E-state index in [1.807, 2.05) is 13.0 Å². The Morgan fingerprint density at radius 3 is 2.65 bits per heavy atom. The second-order valence-corrected chi connectivity index (χ2v) is 5.11. The quantitative estimate of drug-likeness (QED) is 0.820. The van der Waals surface area contributed by atoms with Gasteiger partial charge in [-0.2, -0.15) is 0 Å². The number of aryl methyl sites for hydroxylation is 3. The van der Waals surface area contributed by atoms with Crippen molar-refractivity contribution in [1.82, 2.24) is 9.97 Å². The summed E-state index contributed by atoms with van der Waals surface area (Å²) >= 11 is 0. The Balaban J connectivity index is 2.34. The fourth-order valence-electron chi connectivity index (χ4n) is 2.10. The highest BCUT2D eigenvalue weighted by molar-refractivity contribution is 5.65. The average Bonchev–Trinajstić information content (AvgIpc) is 2.41. The van der Waals surface area contributed by atoms with Gasteiger partial charge < -0.3 is 11.1 Å². The summed E-state index contributed by atoms with van der Waals surface area (Å²) in [6.07, 6.45) is 0.913. The van der Waals surface area contributed by atoms with Crippen molar-refractivity contribution in [3.63, 3.8) is 0 Å². The summed E-state index contributed by atoms with van der Waals surface area (Å²) in [6, 6.07) is 8.44. The summed E-state index contributed by atoms with van der Waals surface area (Å²) in [6.45, 7) is 7.66. The number of hydrogen-bond acceptors (Lipinski definition) is 4. The molecule has 0 aliphatic heterocycles. The number of nitrogens with zero attached hydrogens (tertiary/aromatic N) is 2. The number of nitrogens with one attached hydrogen (secondary N) is 1. The van der Waals surface area contributed by atoms with E-state index in [0.717, 1.165) is 29.9 Å². The Morgan fingerprint density at radius 2 is 1.90 bits per heavy atom. The van der Waals surface area contributed by atoms with E-state index in [9.17, 15) is 0 Å². The zero-order valence-corrected chi connectivity index (χ0v) is 12.4. The monoisotopic (exact) mass is 270 g/mol. The lowest BCUT2D eigenvalue weighted by molar-refractivity contribution is 0.862. The van der Waals surface area contributed by atoms with E-state index < -0.39 is 0 Å². The maximum absolute atomic E-state index is 5.50. The Morgan fingerprint density at radius 1 is 1.10 bits per heavy atom. The number of nitrogens with two attached hydrogens (primary N) is 1. The lowest BCUT2D eigenvalue weighted by atomic mass is 10.0. The zero-order valence-electron chi connectivity index (χ0n) is 12.4. The van der Waals surface area contributed by atoms with Gasteiger partial charge in [0.15, 0.2) is 0 Å². The van der Waals surface area contributed by atoms with E-state index in [1.54, 1.807) is 0 Å². The highest BCUT2D eigenvalue weighted by Crippen LogP contribution is 2.24. The van der Waals surface area contributed by atoms with Crippen molar-refractivity contribution in [1.29, 1.82) is 0 Å². The van der Waals surface area contributed by atoms with E-state index in [0.29, 0.717) is 12.5 Å². The average molecular weight is 270 g/mol. The predicted molar refractivity (Wildman–Crippen MR) is 83.8 cm³/mol. The van der Waals surface area contributed by atoms with Crippen molar-refractivity contribution in [2.24, 2.45) is 5.73 Å². The minimum absolute atomic E-state index is 0.669. The van der Waals surface area contributed by atoms with Crippen molar-refractivity contribution in [3.05, 3.63) is 41.1 Å². The minimum atomic E-state index is 0.669. The van der Waals surface area contributed by atoms with Gasteiger partial charge >= 0.3 is 0 Å². The van der Waals surface area contributed by atoms with Crippen LogP contribution in [0.4, 0.5) is 5.95 Å². The van der Waals surface area contributed by atoms with Crippen molar-refractivity contribution in [2.45, 2.75) is 27.2 Å². The van der Waals surface area contributed by atoms with Crippen molar-refractivity contribution in [3.8, 4) is 11.3 Å². The summed E-state index contributed by atoms with van der Waals surface area (Å²) in [5.74, 6) is 0.675. The molecular weight excluding hydrogens is 248 g/mol. The van der Waals surface area contributed by atoms with Gasteiger partial charge in [-0.1, -0.05) is 17.7 Å². The summed E-state index contributed by atoms with van der Waals surface area (Å²) in [5.41, 5.74) is 11.1. The molecule has 1 heterocycles. The normalized spacial score (nSPS) is 10.6. The first-order valence-electron chi connectivity index (χ1n) is 6.97. The molecule has 1 aromatic carbocycles. The van der Waals surface area contributed by atoms with Crippen LogP contribution in [0.15, 0.2) is 24.3 Å². The maximum atomic E-state index is 5.50. The smallest absolute Gasteiger partial charge is 0.223 e. The Labute approximate surface area is 120 Å². The largest absolute Gasteiger partial charge is 0.354 e. The molecule has 106 valence electrons. The summed E-state index contributed by atoms with van der Waals surface area (Å²) in [4.78, 5) is 9.03. The molecule has 2 rings (SSSR count). The summed E-state index contributed by atoms with van der Waals surface area (Å²) < 4.78 is 0. The summed E-state index contributed by atoms with van der Waals surface area (Å²) in [7, 11) is 0. The highest BCUT2D eigenvalue weighted by atomic mass is 15.1. The van der Waals surface area contributed by atoms with Gasteiger partial charge in [0, 0.05) is 17.8 Å². The molecule has 20 heavy (non-hydrogen) atoms. The maximum Gasteiger partial charge on any atom is 0.223 e. The number of anilines is 1. The van der Waals surface area contributed by atoms with E-state index in [2.05, 4.69) is 47.3 Å². The van der Waals surface area contributed by atoms with Crippen LogP contribution in [0.5, 0.6) is 0 Å². The minimum Gasteiger partial charge on any atom is -0.354 e. The van der Waals surface area contributed by atoms with E-state index in [-0.39, 0.29) is 0 Å². The number of aromatic nitrogens is 2. The molecule has 1 aromatic heterocycles. The molecule has 0 radical (unpaired) electrons. The Kier molecular flexibility index (Phi) is 4.69. The fourth-order valence-corrected chi connectivity index (χ4v) is 2.10. The lowest BCUT2D eigenvalue weighted by Crippen LogP contribution is -2.11. The van der Waals surface area contributed by atoms with E-state index >= 15 is 0 Å². The first-order chi connectivity index (χ1) is 9.60. The van der Waals surface area contributed by atoms with Crippen LogP contribution in [-0.4, -0.2) is 23.1 Å². The van der Waals surface area contributed by atoms with Crippen LogP contribution in [0.2, 0.25) is 0 Å². The molecular formula is C16H22N4. The molecule has 4 heteroatoms. The number of rotatable bonds is 5. The predicted octanol–water partition coefficient (Wildman–Crippen LogP) is 2.83. The van der Waals surface area contributed by atoms with Crippen LogP contribution in [0.3, 0.4) is 0 Å². The van der Waals surface area contributed by atoms with Crippen LogP contribution in [0, 0.1) is 20.8 Å². The lowest BCUT2D eigenvalue weighted by Gasteiger charge is -2.10. The van der Waals surface area contributed by atoms with Gasteiger partial charge in [0.05, 0.1) is 5.69 Å². The third kappa shape index (κ3) is 3.54. The molecule has 3 N–H and O–H groups in total. The Bertz CT molecular complexity index is 593. The van der Waals surface area contributed by atoms with Gasteiger partial charge in [-0.15, -0.1) is 0 Å². The van der Waals surface area contributed by atoms with Crippen molar-refractivity contribution >= 4 is 5.95 Å². The molecule has 0 fully saturated rings. The van der Waals surface area contributed by atoms with Crippen LogP contribution < -0.4 is 11.1 Å². The molecule has 2 aromatic rings. The van der Waals surface area contributed by atoms with Crippen LogP contribution in [0.1, 0.15) is 23.2 Å². The van der Waals surface area contributed by atoms with Gasteiger partial charge in [0.1, 0.15) is 0 Å². The molecule has 0 aliphatic rings. The number of benzene rings is 1. The molecule has 4 nitrogen and oxygen atoms in total. The van der Waals surface area contributed by atoms with Crippen LogP contribution in [-0.2, 0) is 0 Å². The molecule has 0 amide bonds. The molecule has 0 atom stereocenters. The Hall–Kier alpha value is -1.94.